The number of carbonyl (C=O) groups excluding carboxylic acids is 4. The van der Waals surface area contributed by atoms with Crippen LogP contribution in [0.1, 0.15) is 26.7 Å². The number of carbonyl (C=O) groups is 4. The molecule has 1 fully saturated rings. The molecule has 1 saturated heterocycles. The molecule has 1 unspecified atom stereocenters. The van der Waals surface area contributed by atoms with Gasteiger partial charge in [0.1, 0.15) is 6.61 Å². The number of hydrogen-bond acceptors (Lipinski definition) is 7. The summed E-state index contributed by atoms with van der Waals surface area (Å²) in [5.74, 6) is -2.44. The molecule has 1 heterocycles. The maximum atomic E-state index is 11.3. The Hall–Kier alpha value is -2.38. The van der Waals surface area contributed by atoms with Crippen LogP contribution >= 0.6 is 0 Å². The van der Waals surface area contributed by atoms with Gasteiger partial charge < -0.3 is 19.5 Å². The lowest BCUT2D eigenvalue weighted by molar-refractivity contribution is -0.166. The Bertz CT molecular complexity index is 470. The quantitative estimate of drug-likeness (QED) is 0.402. The average Bonchev–Trinajstić information content (AvgIpc) is 2.88. The molecule has 1 aliphatic heterocycles. The highest BCUT2D eigenvalue weighted by Gasteiger charge is 2.21. The first kappa shape index (κ1) is 17.7. The molecule has 0 aromatic heterocycles. The third-order valence-electron chi connectivity index (χ3n) is 2.74. The smallest absolute Gasteiger partial charge is 0.333 e. The zero-order valence-corrected chi connectivity index (χ0v) is 12.5. The Morgan fingerprint density at radius 3 is 2.36 bits per heavy atom. The van der Waals surface area contributed by atoms with Gasteiger partial charge in [0.05, 0.1) is 12.0 Å². The monoisotopic (exact) mass is 313 g/mol. The van der Waals surface area contributed by atoms with Crippen molar-refractivity contribution in [1.82, 2.24) is 5.32 Å². The van der Waals surface area contributed by atoms with E-state index in [1.807, 2.05) is 0 Å². The molecule has 8 heteroatoms. The van der Waals surface area contributed by atoms with Crippen LogP contribution < -0.4 is 5.32 Å². The third-order valence-corrected chi connectivity index (χ3v) is 2.74. The number of rotatable bonds is 7. The minimum Gasteiger partial charge on any atom is -0.460 e. The minimum atomic E-state index is -0.831. The van der Waals surface area contributed by atoms with Crippen LogP contribution in [0.5, 0.6) is 0 Å². The number of esters is 3. The van der Waals surface area contributed by atoms with E-state index in [1.54, 1.807) is 13.8 Å². The van der Waals surface area contributed by atoms with Crippen LogP contribution in [0.3, 0.4) is 0 Å². The molecule has 1 aliphatic rings. The first-order valence-electron chi connectivity index (χ1n) is 6.86. The first-order chi connectivity index (χ1) is 10.4. The summed E-state index contributed by atoms with van der Waals surface area (Å²) in [7, 11) is 0. The molecule has 122 valence electrons. The number of nitrogens with one attached hydrogen (secondary N) is 1. The van der Waals surface area contributed by atoms with Crippen molar-refractivity contribution in [2.75, 3.05) is 13.4 Å². The van der Waals surface area contributed by atoms with Crippen LogP contribution in [0.25, 0.3) is 0 Å². The molecule has 1 rings (SSSR count). The van der Waals surface area contributed by atoms with Gasteiger partial charge in [0.25, 0.3) is 0 Å². The van der Waals surface area contributed by atoms with Crippen molar-refractivity contribution >= 4 is 23.8 Å². The van der Waals surface area contributed by atoms with Gasteiger partial charge in [-0.3, -0.25) is 9.59 Å². The van der Waals surface area contributed by atoms with Crippen LogP contribution in [0.15, 0.2) is 12.2 Å². The van der Waals surface area contributed by atoms with E-state index in [-0.39, 0.29) is 24.5 Å². The highest BCUT2D eigenvalue weighted by atomic mass is 16.7. The summed E-state index contributed by atoms with van der Waals surface area (Å²) in [6, 6.07) is -0.188. The lowest BCUT2D eigenvalue weighted by Gasteiger charge is -2.09. The largest absolute Gasteiger partial charge is 0.460 e. The second kappa shape index (κ2) is 8.81. The summed E-state index contributed by atoms with van der Waals surface area (Å²) in [6.07, 6.45) is 2.81. The molecule has 0 radical (unpaired) electrons. The molecule has 0 aromatic rings. The Kier molecular flexibility index (Phi) is 7.07. The normalized spacial score (nSPS) is 17.4. The Labute approximate surface area is 127 Å². The minimum absolute atomic E-state index is 0.0515. The lowest BCUT2D eigenvalue weighted by Crippen LogP contribution is -2.30. The van der Waals surface area contributed by atoms with Crippen molar-refractivity contribution in [1.29, 1.82) is 0 Å². The van der Waals surface area contributed by atoms with E-state index < -0.39 is 24.7 Å². The number of amides is 1. The van der Waals surface area contributed by atoms with E-state index in [0.29, 0.717) is 12.8 Å². The Morgan fingerprint density at radius 1 is 1.18 bits per heavy atom. The maximum absolute atomic E-state index is 11.3. The number of hydrogen-bond donors (Lipinski definition) is 1. The summed E-state index contributed by atoms with van der Waals surface area (Å²) in [4.78, 5) is 44.6. The molecule has 0 bridgehead atoms. The van der Waals surface area contributed by atoms with Gasteiger partial charge in [-0.05, 0) is 6.42 Å². The van der Waals surface area contributed by atoms with Crippen molar-refractivity contribution in [2.24, 2.45) is 5.92 Å². The summed E-state index contributed by atoms with van der Waals surface area (Å²) >= 11 is 0. The third kappa shape index (κ3) is 6.87. The predicted octanol–water partition coefficient (Wildman–Crippen LogP) is 0.0643. The van der Waals surface area contributed by atoms with Crippen molar-refractivity contribution in [3.8, 4) is 0 Å². The molecular weight excluding hydrogens is 294 g/mol. The SMILES string of the molecule is CC(C)C(=O)OCOC(=O)/C=C/C(=O)OCC1CCC(=O)N1. The van der Waals surface area contributed by atoms with Gasteiger partial charge in [0.2, 0.25) is 12.7 Å². The fourth-order valence-corrected chi connectivity index (χ4v) is 1.53. The van der Waals surface area contributed by atoms with Crippen LogP contribution in [-0.4, -0.2) is 43.3 Å². The standard InChI is InChI=1S/C14H19NO7/c1-9(2)14(19)22-8-21-13(18)6-5-12(17)20-7-10-3-4-11(16)15-10/h5-6,9-10H,3-4,7-8H2,1-2H3,(H,15,16)/b6-5+. The van der Waals surface area contributed by atoms with E-state index in [9.17, 15) is 19.2 Å². The highest BCUT2D eigenvalue weighted by molar-refractivity contribution is 5.91. The van der Waals surface area contributed by atoms with E-state index >= 15 is 0 Å². The summed E-state index contributed by atoms with van der Waals surface area (Å²) < 4.78 is 14.1. The van der Waals surface area contributed by atoms with Gasteiger partial charge in [-0.15, -0.1) is 0 Å². The molecular formula is C14H19NO7. The molecule has 1 N–H and O–H groups in total. The molecule has 0 spiro atoms. The van der Waals surface area contributed by atoms with Crippen LogP contribution in [0, 0.1) is 5.92 Å². The van der Waals surface area contributed by atoms with Crippen molar-refractivity contribution in [2.45, 2.75) is 32.7 Å². The maximum Gasteiger partial charge on any atom is 0.333 e. The van der Waals surface area contributed by atoms with E-state index in [0.717, 1.165) is 12.2 Å². The molecule has 1 amide bonds. The van der Waals surface area contributed by atoms with Crippen LogP contribution in [0.2, 0.25) is 0 Å². The van der Waals surface area contributed by atoms with Gasteiger partial charge in [0, 0.05) is 18.6 Å². The van der Waals surface area contributed by atoms with Crippen LogP contribution in [-0.2, 0) is 33.4 Å². The fraction of sp³-hybridized carbons (Fsp3) is 0.571. The predicted molar refractivity (Wildman–Crippen MR) is 73.2 cm³/mol. The molecule has 22 heavy (non-hydrogen) atoms. The van der Waals surface area contributed by atoms with Crippen molar-refractivity contribution in [3.05, 3.63) is 12.2 Å². The van der Waals surface area contributed by atoms with Crippen molar-refractivity contribution < 1.29 is 33.4 Å². The van der Waals surface area contributed by atoms with E-state index in [1.165, 1.54) is 0 Å². The van der Waals surface area contributed by atoms with Crippen molar-refractivity contribution in [3.63, 3.8) is 0 Å². The molecule has 0 aliphatic carbocycles. The number of ether oxygens (including phenoxy) is 3. The molecule has 0 aromatic carbocycles. The zero-order chi connectivity index (χ0) is 16.5. The molecule has 8 nitrogen and oxygen atoms in total. The van der Waals surface area contributed by atoms with Gasteiger partial charge in [-0.2, -0.15) is 0 Å². The van der Waals surface area contributed by atoms with E-state index in [4.69, 9.17) is 4.74 Å². The molecule has 0 saturated carbocycles. The zero-order valence-electron chi connectivity index (χ0n) is 12.5. The van der Waals surface area contributed by atoms with Gasteiger partial charge >= 0.3 is 17.9 Å². The topological polar surface area (TPSA) is 108 Å². The first-order valence-corrected chi connectivity index (χ1v) is 6.86. The van der Waals surface area contributed by atoms with E-state index in [2.05, 4.69) is 14.8 Å². The van der Waals surface area contributed by atoms with Gasteiger partial charge in [-0.25, -0.2) is 9.59 Å². The highest BCUT2D eigenvalue weighted by Crippen LogP contribution is 2.06. The summed E-state index contributed by atoms with van der Waals surface area (Å²) in [6.45, 7) is 2.83. The van der Waals surface area contributed by atoms with Crippen LogP contribution in [0.4, 0.5) is 0 Å². The fourth-order valence-electron chi connectivity index (χ4n) is 1.53. The average molecular weight is 313 g/mol. The van der Waals surface area contributed by atoms with Gasteiger partial charge in [0.15, 0.2) is 0 Å². The Balaban J connectivity index is 2.17. The second-order valence-corrected chi connectivity index (χ2v) is 4.97. The molecule has 1 atom stereocenters. The van der Waals surface area contributed by atoms with Gasteiger partial charge in [-0.1, -0.05) is 13.8 Å². The lowest BCUT2D eigenvalue weighted by atomic mass is 10.2. The Morgan fingerprint density at radius 2 is 1.82 bits per heavy atom. The second-order valence-electron chi connectivity index (χ2n) is 4.97. The summed E-state index contributed by atoms with van der Waals surface area (Å²) in [5.41, 5.74) is 0. The summed E-state index contributed by atoms with van der Waals surface area (Å²) in [5, 5.41) is 2.64.